The van der Waals surface area contributed by atoms with Crippen LogP contribution in [0.2, 0.25) is 0 Å². The molecule has 168 valence electrons. The van der Waals surface area contributed by atoms with Crippen molar-refractivity contribution in [3.63, 3.8) is 0 Å². The van der Waals surface area contributed by atoms with Crippen molar-refractivity contribution in [1.82, 2.24) is 24.9 Å². The summed E-state index contributed by atoms with van der Waals surface area (Å²) in [6, 6.07) is 38.3. The normalized spacial score (nSPS) is 11.3. The monoisotopic (exact) mass is 461 g/mol. The first kappa shape index (κ1) is 20.4. The zero-order valence-corrected chi connectivity index (χ0v) is 19.2. The minimum atomic E-state index is 0.607. The Kier molecular flexibility index (Phi) is 4.71. The van der Waals surface area contributed by atoms with Gasteiger partial charge in [-0.3, -0.25) is 0 Å². The molecule has 0 amide bonds. The fourth-order valence-electron chi connectivity index (χ4n) is 4.57. The van der Waals surface area contributed by atoms with Crippen molar-refractivity contribution in [3.8, 4) is 34.2 Å². The van der Waals surface area contributed by atoms with Gasteiger partial charge in [0.25, 0.3) is 0 Å². The lowest BCUT2D eigenvalue weighted by atomic mass is 10.0. The average Bonchev–Trinajstić information content (AvgIpc) is 2.96. The first-order chi connectivity index (χ1) is 17.8. The molecule has 0 aliphatic heterocycles. The smallest absolute Gasteiger partial charge is 0.164 e. The van der Waals surface area contributed by atoms with Crippen LogP contribution >= 0.6 is 0 Å². The molecule has 0 spiro atoms. The zero-order chi connectivity index (χ0) is 23.9. The van der Waals surface area contributed by atoms with Crippen LogP contribution in [0.15, 0.2) is 115 Å². The van der Waals surface area contributed by atoms with Gasteiger partial charge in [-0.1, -0.05) is 97.1 Å². The van der Waals surface area contributed by atoms with Crippen molar-refractivity contribution in [2.24, 2.45) is 0 Å². The van der Waals surface area contributed by atoms with Gasteiger partial charge in [0, 0.05) is 22.1 Å². The molecule has 0 radical (unpaired) electrons. The molecule has 0 bridgehead atoms. The van der Waals surface area contributed by atoms with E-state index in [0.29, 0.717) is 17.5 Å². The number of nitrogens with zero attached hydrogens (tertiary/aromatic N) is 5. The Hall–Kier alpha value is -5.03. The SMILES string of the molecule is c1ccc(-c2nc(-c3ccccc3)nc(-c3cc4nc5ccccc5nc4c4ccccc34)n2)cc1. The Labute approximate surface area is 207 Å². The largest absolute Gasteiger partial charge is 0.244 e. The maximum absolute atomic E-state index is 4.96. The summed E-state index contributed by atoms with van der Waals surface area (Å²) < 4.78 is 0. The summed E-state index contributed by atoms with van der Waals surface area (Å²) in [4.78, 5) is 24.6. The Balaban J connectivity index is 1.55. The van der Waals surface area contributed by atoms with Crippen molar-refractivity contribution < 1.29 is 0 Å². The fraction of sp³-hybridized carbons (Fsp3) is 0. The van der Waals surface area contributed by atoms with Gasteiger partial charge in [0.05, 0.1) is 22.1 Å². The lowest BCUT2D eigenvalue weighted by Crippen LogP contribution is -2.01. The molecule has 7 aromatic rings. The third-order valence-corrected chi connectivity index (χ3v) is 6.29. The van der Waals surface area contributed by atoms with Crippen molar-refractivity contribution in [2.75, 3.05) is 0 Å². The molecular weight excluding hydrogens is 442 g/mol. The molecule has 0 N–H and O–H groups in total. The molecule has 0 unspecified atom stereocenters. The van der Waals surface area contributed by atoms with Gasteiger partial charge in [0.2, 0.25) is 0 Å². The first-order valence-electron chi connectivity index (χ1n) is 11.8. The number of hydrogen-bond acceptors (Lipinski definition) is 5. The Bertz CT molecular complexity index is 1830. The van der Waals surface area contributed by atoms with E-state index in [1.165, 1.54) is 0 Å². The molecule has 2 heterocycles. The maximum atomic E-state index is 4.96. The van der Waals surface area contributed by atoms with Crippen molar-refractivity contribution >= 4 is 32.8 Å². The summed E-state index contributed by atoms with van der Waals surface area (Å²) in [6.07, 6.45) is 0. The van der Waals surface area contributed by atoms with Gasteiger partial charge in [-0.15, -0.1) is 0 Å². The van der Waals surface area contributed by atoms with Crippen LogP contribution in [-0.4, -0.2) is 24.9 Å². The van der Waals surface area contributed by atoms with E-state index in [1.54, 1.807) is 0 Å². The fourth-order valence-corrected chi connectivity index (χ4v) is 4.57. The van der Waals surface area contributed by atoms with Gasteiger partial charge in [0.15, 0.2) is 17.5 Å². The van der Waals surface area contributed by atoms with Gasteiger partial charge in [-0.2, -0.15) is 0 Å². The minimum Gasteiger partial charge on any atom is -0.244 e. The highest BCUT2D eigenvalue weighted by Gasteiger charge is 2.17. The highest BCUT2D eigenvalue weighted by molar-refractivity contribution is 6.11. The van der Waals surface area contributed by atoms with Crippen LogP contribution in [-0.2, 0) is 0 Å². The van der Waals surface area contributed by atoms with Crippen LogP contribution in [0.1, 0.15) is 0 Å². The summed E-state index contributed by atoms with van der Waals surface area (Å²) in [6.45, 7) is 0. The van der Waals surface area contributed by atoms with E-state index in [-0.39, 0.29) is 0 Å². The summed E-state index contributed by atoms with van der Waals surface area (Å²) in [5.74, 6) is 1.87. The van der Waals surface area contributed by atoms with Gasteiger partial charge >= 0.3 is 0 Å². The quantitative estimate of drug-likeness (QED) is 0.207. The molecule has 36 heavy (non-hydrogen) atoms. The molecule has 0 saturated heterocycles. The number of fused-ring (bicyclic) bond motifs is 4. The standard InChI is InChI=1S/C31H19N5/c1-3-11-20(12-4-1)29-34-30(21-13-5-2-6-14-21)36-31(35-29)24-19-27-28(23-16-8-7-15-22(23)24)33-26-18-10-9-17-25(26)32-27/h1-19H. The molecule has 5 aromatic carbocycles. The molecule has 5 heteroatoms. The van der Waals surface area contributed by atoms with Gasteiger partial charge in [0.1, 0.15) is 0 Å². The van der Waals surface area contributed by atoms with Crippen LogP contribution in [0.4, 0.5) is 0 Å². The predicted octanol–water partition coefficient (Wildman–Crippen LogP) is 7.12. The highest BCUT2D eigenvalue weighted by Crippen LogP contribution is 2.34. The van der Waals surface area contributed by atoms with E-state index in [1.807, 2.05) is 97.1 Å². The highest BCUT2D eigenvalue weighted by atomic mass is 15.0. The number of benzene rings is 5. The van der Waals surface area contributed by atoms with E-state index in [2.05, 4.69) is 18.2 Å². The number of hydrogen-bond donors (Lipinski definition) is 0. The molecule has 7 rings (SSSR count). The summed E-state index contributed by atoms with van der Waals surface area (Å²) in [5, 5.41) is 2.05. The van der Waals surface area contributed by atoms with E-state index in [4.69, 9.17) is 24.9 Å². The molecule has 0 aliphatic carbocycles. The zero-order valence-electron chi connectivity index (χ0n) is 19.2. The van der Waals surface area contributed by atoms with Crippen molar-refractivity contribution in [2.45, 2.75) is 0 Å². The number of para-hydroxylation sites is 2. The van der Waals surface area contributed by atoms with Crippen molar-refractivity contribution in [1.29, 1.82) is 0 Å². The van der Waals surface area contributed by atoms with Crippen LogP contribution in [0.25, 0.3) is 67.0 Å². The van der Waals surface area contributed by atoms with E-state index in [9.17, 15) is 0 Å². The van der Waals surface area contributed by atoms with Crippen LogP contribution in [0, 0.1) is 0 Å². The maximum Gasteiger partial charge on any atom is 0.164 e. The molecular formula is C31H19N5. The van der Waals surface area contributed by atoms with Gasteiger partial charge in [-0.05, 0) is 23.6 Å². The third-order valence-electron chi connectivity index (χ3n) is 6.29. The van der Waals surface area contributed by atoms with E-state index < -0.39 is 0 Å². The lowest BCUT2D eigenvalue weighted by Gasteiger charge is -2.12. The molecule has 2 aromatic heterocycles. The third kappa shape index (κ3) is 3.46. The second-order valence-electron chi connectivity index (χ2n) is 8.59. The average molecular weight is 462 g/mol. The summed E-state index contributed by atoms with van der Waals surface area (Å²) >= 11 is 0. The van der Waals surface area contributed by atoms with Gasteiger partial charge < -0.3 is 0 Å². The lowest BCUT2D eigenvalue weighted by molar-refractivity contribution is 1.08. The summed E-state index contributed by atoms with van der Waals surface area (Å²) in [5.41, 5.74) is 6.19. The Morgan fingerprint density at radius 3 is 1.50 bits per heavy atom. The summed E-state index contributed by atoms with van der Waals surface area (Å²) in [7, 11) is 0. The molecule has 0 aliphatic rings. The van der Waals surface area contributed by atoms with Crippen molar-refractivity contribution in [3.05, 3.63) is 115 Å². The van der Waals surface area contributed by atoms with Crippen LogP contribution in [0.5, 0.6) is 0 Å². The Morgan fingerprint density at radius 1 is 0.361 bits per heavy atom. The minimum absolute atomic E-state index is 0.607. The molecule has 0 atom stereocenters. The topological polar surface area (TPSA) is 64.5 Å². The van der Waals surface area contributed by atoms with E-state index in [0.717, 1.165) is 49.5 Å². The predicted molar refractivity (Wildman–Crippen MR) is 144 cm³/mol. The number of rotatable bonds is 3. The second kappa shape index (κ2) is 8.32. The van der Waals surface area contributed by atoms with Crippen LogP contribution in [0.3, 0.4) is 0 Å². The first-order valence-corrected chi connectivity index (χ1v) is 11.8. The second-order valence-corrected chi connectivity index (χ2v) is 8.59. The molecule has 0 fully saturated rings. The molecule has 5 nitrogen and oxygen atoms in total. The number of aromatic nitrogens is 5. The van der Waals surface area contributed by atoms with Gasteiger partial charge in [-0.25, -0.2) is 24.9 Å². The molecule has 0 saturated carbocycles. The van der Waals surface area contributed by atoms with E-state index >= 15 is 0 Å². The van der Waals surface area contributed by atoms with Crippen LogP contribution < -0.4 is 0 Å². The Morgan fingerprint density at radius 2 is 0.861 bits per heavy atom.